The van der Waals surface area contributed by atoms with Crippen LogP contribution in [-0.4, -0.2) is 77.0 Å². The van der Waals surface area contributed by atoms with Gasteiger partial charge in [0.05, 0.1) is 51.7 Å². The highest BCUT2D eigenvalue weighted by atomic mass is 16.6. The van der Waals surface area contributed by atoms with Crippen LogP contribution >= 0.6 is 0 Å². The Kier molecular flexibility index (Phi) is 7.14. The lowest BCUT2D eigenvalue weighted by Gasteiger charge is -2.30. The summed E-state index contributed by atoms with van der Waals surface area (Å²) in [5.74, 6) is 1.86. The van der Waals surface area contributed by atoms with Gasteiger partial charge in [-0.05, 0) is 132 Å². The minimum Gasteiger partial charge on any atom is -0.444 e. The second kappa shape index (κ2) is 11.6. The molecule has 1 N–H and O–H groups in total. The number of carbonyl (C=O) groups excluding carboxylic acids is 2. The molecule has 10 rings (SSSR count). The summed E-state index contributed by atoms with van der Waals surface area (Å²) in [5.41, 5.74) is 9.39. The second-order valence-corrected chi connectivity index (χ2v) is 17.8. The van der Waals surface area contributed by atoms with Crippen LogP contribution < -0.4 is 0 Å². The van der Waals surface area contributed by atoms with Gasteiger partial charge in [-0.2, -0.15) is 0 Å². The maximum Gasteiger partial charge on any atom is 0.411 e. The number of aromatic nitrogens is 4. The molecule has 5 heterocycles. The summed E-state index contributed by atoms with van der Waals surface area (Å²) in [7, 11) is 0. The number of fused-ring (bicyclic) bond motifs is 5. The fourth-order valence-corrected chi connectivity index (χ4v) is 8.88. The van der Waals surface area contributed by atoms with Crippen molar-refractivity contribution in [2.45, 2.75) is 109 Å². The van der Waals surface area contributed by atoms with Crippen molar-refractivity contribution in [2.24, 2.45) is 16.8 Å². The molecule has 2 saturated heterocycles. The Balaban J connectivity index is 0.858. The molecule has 0 radical (unpaired) electrons. The summed E-state index contributed by atoms with van der Waals surface area (Å²) in [6.45, 7) is 11.5. The Hall–Kier alpha value is -5.32. The van der Waals surface area contributed by atoms with E-state index in [1.807, 2.05) is 75.7 Å². The number of rotatable bonds is 4. The van der Waals surface area contributed by atoms with Gasteiger partial charge in [0, 0.05) is 29.8 Å². The van der Waals surface area contributed by atoms with Crippen LogP contribution in [0, 0.1) is 11.8 Å². The Labute approximate surface area is 314 Å². The van der Waals surface area contributed by atoms with Crippen LogP contribution in [0.25, 0.3) is 44.5 Å². The third-order valence-corrected chi connectivity index (χ3v) is 11.5. The summed E-state index contributed by atoms with van der Waals surface area (Å²) in [6.07, 6.45) is 6.01. The maximum atomic E-state index is 13.2. The number of hydrogen-bond acceptors (Lipinski definition) is 8. The van der Waals surface area contributed by atoms with Crippen LogP contribution in [0.5, 0.6) is 0 Å². The first-order valence-electron chi connectivity index (χ1n) is 19.2. The van der Waals surface area contributed by atoms with Gasteiger partial charge in [0.25, 0.3) is 0 Å². The Bertz CT molecular complexity index is 2420. The number of likely N-dealkylation sites (tertiary alicyclic amines) is 2. The predicted molar refractivity (Wildman–Crippen MR) is 207 cm³/mol. The molecule has 4 fully saturated rings. The molecule has 54 heavy (non-hydrogen) atoms. The molecule has 0 spiro atoms. The normalized spacial score (nSPS) is 25.4. The number of ether oxygens (including phenoxy) is 2. The lowest BCUT2D eigenvalue weighted by Crippen LogP contribution is -2.45. The second-order valence-electron chi connectivity index (χ2n) is 17.8. The number of imidazole rings is 1. The molecule has 11 nitrogen and oxygen atoms in total. The van der Waals surface area contributed by atoms with Crippen LogP contribution in [0.4, 0.5) is 15.3 Å². The van der Waals surface area contributed by atoms with Crippen molar-refractivity contribution in [3.8, 4) is 22.4 Å². The summed E-state index contributed by atoms with van der Waals surface area (Å²) in [5, 5.41) is 0. The van der Waals surface area contributed by atoms with E-state index in [0.717, 1.165) is 93.8 Å². The highest BCUT2D eigenvalue weighted by molar-refractivity contribution is 6.00. The number of amides is 2. The number of carbonyl (C=O) groups is 2. The monoisotopic (exact) mass is 723 g/mol. The summed E-state index contributed by atoms with van der Waals surface area (Å²) >= 11 is 0. The van der Waals surface area contributed by atoms with Crippen LogP contribution in [0.1, 0.15) is 84.7 Å². The first-order valence-corrected chi connectivity index (χ1v) is 19.2. The van der Waals surface area contributed by atoms with E-state index in [0.29, 0.717) is 11.8 Å². The van der Waals surface area contributed by atoms with E-state index in [2.05, 4.69) is 41.4 Å². The standard InChI is InChI=1S/C43H45N7O4/c1-42(2,3)53-40(51)49-35-17-26(35)19-37(49)33-16-25-13-22(7-10-28(25)45-33)23-8-11-29-31(14-23)44-21-34(46-29)24-9-12-30-32(15-24)48-39(47-30)38-20-27-18-36(27)50(38)41(52)54-43(4,5)6/h7-15,21,26-27,35-38H,16-20H2,1-6H3,(H,47,48)/t26-,27-,35-,36-,37+,38+/m1/s1. The van der Waals surface area contributed by atoms with E-state index in [1.165, 1.54) is 5.56 Å². The van der Waals surface area contributed by atoms with Crippen molar-refractivity contribution in [1.29, 1.82) is 0 Å². The Morgan fingerprint density at radius 3 is 2.06 bits per heavy atom. The highest BCUT2D eigenvalue weighted by Crippen LogP contribution is 2.54. The third kappa shape index (κ3) is 5.88. The van der Waals surface area contributed by atoms with Gasteiger partial charge in [0.2, 0.25) is 0 Å². The van der Waals surface area contributed by atoms with Gasteiger partial charge < -0.3 is 14.5 Å². The number of nitrogens with zero attached hydrogens (tertiary/aromatic N) is 6. The molecule has 2 amide bonds. The predicted octanol–water partition coefficient (Wildman–Crippen LogP) is 8.94. The van der Waals surface area contributed by atoms with Crippen LogP contribution in [-0.2, 0) is 15.9 Å². The summed E-state index contributed by atoms with van der Waals surface area (Å²) < 4.78 is 11.6. The molecule has 3 aromatic carbocycles. The zero-order valence-electron chi connectivity index (χ0n) is 31.6. The van der Waals surface area contributed by atoms with E-state index >= 15 is 0 Å². The van der Waals surface area contributed by atoms with Gasteiger partial charge in [-0.3, -0.25) is 19.8 Å². The van der Waals surface area contributed by atoms with Gasteiger partial charge in [-0.15, -0.1) is 0 Å². The molecule has 11 heteroatoms. The van der Waals surface area contributed by atoms with E-state index in [1.54, 1.807) is 0 Å². The molecular weight excluding hydrogens is 679 g/mol. The topological polar surface area (TPSA) is 126 Å². The van der Waals surface area contributed by atoms with Crippen LogP contribution in [0.15, 0.2) is 65.8 Å². The minimum absolute atomic E-state index is 0.00654. The fourth-order valence-electron chi connectivity index (χ4n) is 8.88. The van der Waals surface area contributed by atoms with Crippen LogP contribution in [0.2, 0.25) is 0 Å². The van der Waals surface area contributed by atoms with Gasteiger partial charge in [0.15, 0.2) is 0 Å². The van der Waals surface area contributed by atoms with Crippen molar-refractivity contribution in [3.63, 3.8) is 0 Å². The van der Waals surface area contributed by atoms with E-state index in [9.17, 15) is 9.59 Å². The van der Waals surface area contributed by atoms with E-state index in [-0.39, 0.29) is 36.4 Å². The van der Waals surface area contributed by atoms with Crippen molar-refractivity contribution < 1.29 is 19.1 Å². The lowest BCUT2D eigenvalue weighted by molar-refractivity contribution is 0.0173. The van der Waals surface area contributed by atoms with E-state index < -0.39 is 11.2 Å². The summed E-state index contributed by atoms with van der Waals surface area (Å²) in [4.78, 5) is 53.5. The lowest BCUT2D eigenvalue weighted by atomic mass is 9.98. The average Bonchev–Trinajstić information content (AvgIpc) is 3.77. The fraction of sp³-hybridized carbons (Fsp3) is 0.442. The van der Waals surface area contributed by atoms with Crippen molar-refractivity contribution in [1.82, 2.24) is 29.7 Å². The van der Waals surface area contributed by atoms with Gasteiger partial charge in [-0.25, -0.2) is 19.6 Å². The van der Waals surface area contributed by atoms with Gasteiger partial charge in [-0.1, -0.05) is 18.2 Å². The van der Waals surface area contributed by atoms with Crippen LogP contribution in [0.3, 0.4) is 0 Å². The number of nitrogens with one attached hydrogen (secondary N) is 1. The molecule has 6 atom stereocenters. The highest BCUT2D eigenvalue weighted by Gasteiger charge is 2.57. The number of hydrogen-bond donors (Lipinski definition) is 1. The molecule has 0 bridgehead atoms. The molecular formula is C43H45N7O4. The molecule has 5 aromatic rings. The minimum atomic E-state index is -0.550. The number of aliphatic imine (C=N–C) groups is 1. The number of benzene rings is 3. The van der Waals surface area contributed by atoms with Crippen molar-refractivity contribution in [2.75, 3.05) is 0 Å². The molecule has 5 aliphatic rings. The smallest absolute Gasteiger partial charge is 0.411 e. The zero-order valence-corrected chi connectivity index (χ0v) is 31.6. The SMILES string of the molecule is CC(C)(C)OC(=O)N1[C@@H]2C[C@@H]2C[C@H]1C1=Nc2ccc(-c3ccc4nc(-c5ccc6nc([C@@H]7C[C@H]8C[C@H]8N7C(=O)OC(C)(C)C)[nH]c6c5)cnc4c3)cc2C1. The first-order chi connectivity index (χ1) is 25.7. The van der Waals surface area contributed by atoms with Gasteiger partial charge >= 0.3 is 12.2 Å². The molecule has 0 unspecified atom stereocenters. The van der Waals surface area contributed by atoms with E-state index in [4.69, 9.17) is 29.4 Å². The quantitative estimate of drug-likeness (QED) is 0.196. The van der Waals surface area contributed by atoms with Crippen molar-refractivity contribution >= 4 is 45.7 Å². The Morgan fingerprint density at radius 2 is 1.33 bits per heavy atom. The molecule has 2 aromatic heterocycles. The Morgan fingerprint density at radius 1 is 0.704 bits per heavy atom. The largest absolute Gasteiger partial charge is 0.444 e. The molecule has 2 saturated carbocycles. The number of piperidine rings is 2. The average molecular weight is 724 g/mol. The maximum absolute atomic E-state index is 13.2. The van der Waals surface area contributed by atoms with Gasteiger partial charge in [0.1, 0.15) is 17.0 Å². The molecule has 276 valence electrons. The number of aromatic amines is 1. The molecule has 2 aliphatic carbocycles. The van der Waals surface area contributed by atoms with Crippen molar-refractivity contribution in [3.05, 3.63) is 72.2 Å². The third-order valence-electron chi connectivity index (χ3n) is 11.5. The first kappa shape index (κ1) is 33.3. The number of H-pyrrole nitrogens is 1. The molecule has 3 aliphatic heterocycles. The summed E-state index contributed by atoms with van der Waals surface area (Å²) in [6, 6.07) is 19.1. The zero-order chi connectivity index (χ0) is 37.3.